The predicted molar refractivity (Wildman–Crippen MR) is 81.8 cm³/mol. The zero-order valence-electron chi connectivity index (χ0n) is 10.9. The summed E-state index contributed by atoms with van der Waals surface area (Å²) in [4.78, 5) is 19.2. The van der Waals surface area contributed by atoms with Crippen LogP contribution in [0.2, 0.25) is 0 Å². The fourth-order valence-corrected chi connectivity index (χ4v) is 2.76. The molecular weight excluding hydrogens is 358 g/mol. The number of hydrogen-bond acceptors (Lipinski definition) is 2. The van der Waals surface area contributed by atoms with Crippen molar-refractivity contribution in [2.75, 3.05) is 0 Å². The fourth-order valence-electron chi connectivity index (χ4n) is 1.88. The van der Waals surface area contributed by atoms with E-state index in [9.17, 15) is 9.18 Å². The molecule has 2 rings (SSSR count). The minimum atomic E-state index is -0.293. The number of aromatic amines is 1. The summed E-state index contributed by atoms with van der Waals surface area (Å²) in [7, 11) is 0. The van der Waals surface area contributed by atoms with Gasteiger partial charge < -0.3 is 4.98 Å². The van der Waals surface area contributed by atoms with Crippen LogP contribution in [-0.2, 0) is 0 Å². The molecule has 19 heavy (non-hydrogen) atoms. The standard InChI is InChI=1S/C14H14FIN2O/c1-7(2)12-11(16)14(19)18-13(17-12)10-5-4-9(15)6-8(10)3/h4-7H,1-3H3,(H,17,18,19). The lowest BCUT2D eigenvalue weighted by atomic mass is 10.1. The zero-order chi connectivity index (χ0) is 14.2. The van der Waals surface area contributed by atoms with Gasteiger partial charge in [-0.15, -0.1) is 0 Å². The van der Waals surface area contributed by atoms with Crippen LogP contribution in [0.15, 0.2) is 23.0 Å². The van der Waals surface area contributed by atoms with Crippen molar-refractivity contribution in [2.24, 2.45) is 0 Å². The molecule has 2 aromatic rings. The summed E-state index contributed by atoms with van der Waals surface area (Å²) < 4.78 is 13.7. The highest BCUT2D eigenvalue weighted by molar-refractivity contribution is 14.1. The van der Waals surface area contributed by atoms with Crippen molar-refractivity contribution in [3.63, 3.8) is 0 Å². The van der Waals surface area contributed by atoms with Crippen LogP contribution in [0.1, 0.15) is 31.0 Å². The molecule has 0 aliphatic heterocycles. The van der Waals surface area contributed by atoms with Crippen LogP contribution in [0.5, 0.6) is 0 Å². The minimum Gasteiger partial charge on any atom is -0.306 e. The minimum absolute atomic E-state index is 0.155. The summed E-state index contributed by atoms with van der Waals surface area (Å²) in [5, 5.41) is 0. The van der Waals surface area contributed by atoms with Crippen LogP contribution in [0.4, 0.5) is 4.39 Å². The van der Waals surface area contributed by atoms with E-state index in [4.69, 9.17) is 0 Å². The summed E-state index contributed by atoms with van der Waals surface area (Å²) in [6.07, 6.45) is 0. The number of rotatable bonds is 2. The van der Waals surface area contributed by atoms with Crippen molar-refractivity contribution in [3.05, 3.63) is 49.2 Å². The summed E-state index contributed by atoms with van der Waals surface area (Å²) in [5.41, 5.74) is 2.11. The Morgan fingerprint density at radius 2 is 2.05 bits per heavy atom. The van der Waals surface area contributed by atoms with Crippen molar-refractivity contribution in [1.29, 1.82) is 0 Å². The molecule has 0 aliphatic rings. The summed E-state index contributed by atoms with van der Waals surface area (Å²) >= 11 is 2.00. The number of aromatic nitrogens is 2. The number of aryl methyl sites for hydroxylation is 1. The first-order valence-corrected chi connectivity index (χ1v) is 7.04. The van der Waals surface area contributed by atoms with E-state index in [1.165, 1.54) is 12.1 Å². The van der Waals surface area contributed by atoms with Crippen LogP contribution in [0.3, 0.4) is 0 Å². The van der Waals surface area contributed by atoms with Gasteiger partial charge in [-0.3, -0.25) is 4.79 Å². The molecule has 100 valence electrons. The van der Waals surface area contributed by atoms with E-state index < -0.39 is 0 Å². The van der Waals surface area contributed by atoms with Crippen molar-refractivity contribution in [1.82, 2.24) is 9.97 Å². The van der Waals surface area contributed by atoms with Gasteiger partial charge >= 0.3 is 0 Å². The van der Waals surface area contributed by atoms with Gasteiger partial charge in [-0.25, -0.2) is 9.37 Å². The van der Waals surface area contributed by atoms with Crippen LogP contribution in [0, 0.1) is 16.3 Å². The van der Waals surface area contributed by atoms with Gasteiger partial charge in [0.1, 0.15) is 11.6 Å². The van der Waals surface area contributed by atoms with Crippen molar-refractivity contribution in [3.8, 4) is 11.4 Å². The second-order valence-corrected chi connectivity index (χ2v) is 5.81. The third-order valence-electron chi connectivity index (χ3n) is 2.88. The van der Waals surface area contributed by atoms with Gasteiger partial charge in [0.05, 0.1) is 9.26 Å². The van der Waals surface area contributed by atoms with Crippen molar-refractivity contribution < 1.29 is 4.39 Å². The molecule has 0 unspecified atom stereocenters. The van der Waals surface area contributed by atoms with Crippen LogP contribution in [-0.4, -0.2) is 9.97 Å². The average Bonchev–Trinajstić information content (AvgIpc) is 2.32. The Morgan fingerprint density at radius 3 is 2.63 bits per heavy atom. The lowest BCUT2D eigenvalue weighted by molar-refractivity contribution is 0.627. The highest BCUT2D eigenvalue weighted by Gasteiger charge is 2.14. The Kier molecular flexibility index (Phi) is 4.03. The van der Waals surface area contributed by atoms with E-state index in [0.29, 0.717) is 9.39 Å². The quantitative estimate of drug-likeness (QED) is 0.819. The second kappa shape index (κ2) is 5.40. The molecule has 5 heteroatoms. The molecule has 0 saturated carbocycles. The lowest BCUT2D eigenvalue weighted by Gasteiger charge is -2.11. The first-order chi connectivity index (χ1) is 8.90. The van der Waals surface area contributed by atoms with E-state index in [2.05, 4.69) is 9.97 Å². The van der Waals surface area contributed by atoms with E-state index in [1.54, 1.807) is 13.0 Å². The Balaban J connectivity index is 2.66. The maximum atomic E-state index is 13.1. The second-order valence-electron chi connectivity index (χ2n) is 4.73. The van der Waals surface area contributed by atoms with Crippen LogP contribution in [0.25, 0.3) is 11.4 Å². The van der Waals surface area contributed by atoms with Crippen LogP contribution < -0.4 is 5.56 Å². The molecule has 0 atom stereocenters. The summed E-state index contributed by atoms with van der Waals surface area (Å²) in [6, 6.07) is 4.44. The molecule has 1 aromatic heterocycles. The SMILES string of the molecule is Cc1cc(F)ccc1-c1nc(C(C)C)c(I)c(=O)[nH]1. The lowest BCUT2D eigenvalue weighted by Crippen LogP contribution is -2.17. The number of hydrogen-bond donors (Lipinski definition) is 1. The maximum Gasteiger partial charge on any atom is 0.264 e. The number of nitrogens with one attached hydrogen (secondary N) is 1. The summed E-state index contributed by atoms with van der Waals surface area (Å²) in [5.74, 6) is 0.360. The fraction of sp³-hybridized carbons (Fsp3) is 0.286. The largest absolute Gasteiger partial charge is 0.306 e. The Bertz CT molecular complexity index is 680. The Hall–Kier alpha value is -1.24. The number of nitrogens with zero attached hydrogens (tertiary/aromatic N) is 1. The Labute approximate surface area is 124 Å². The van der Waals surface area contributed by atoms with Gasteiger partial charge in [-0.05, 0) is 59.2 Å². The monoisotopic (exact) mass is 372 g/mol. The number of benzene rings is 1. The molecule has 0 radical (unpaired) electrons. The molecule has 0 saturated heterocycles. The van der Waals surface area contributed by atoms with Crippen molar-refractivity contribution in [2.45, 2.75) is 26.7 Å². The molecule has 0 bridgehead atoms. The Morgan fingerprint density at radius 1 is 1.37 bits per heavy atom. The third kappa shape index (κ3) is 2.86. The molecule has 3 nitrogen and oxygen atoms in total. The molecule has 1 heterocycles. The molecule has 0 aliphatic carbocycles. The van der Waals surface area contributed by atoms with Gasteiger partial charge in [0.15, 0.2) is 0 Å². The topological polar surface area (TPSA) is 45.8 Å². The highest BCUT2D eigenvalue weighted by atomic mass is 127. The normalized spacial score (nSPS) is 11.1. The first-order valence-electron chi connectivity index (χ1n) is 5.96. The molecule has 1 aromatic carbocycles. The highest BCUT2D eigenvalue weighted by Crippen LogP contribution is 2.23. The molecule has 0 spiro atoms. The molecule has 0 amide bonds. The average molecular weight is 372 g/mol. The smallest absolute Gasteiger partial charge is 0.264 e. The van der Waals surface area contributed by atoms with E-state index in [0.717, 1.165) is 16.8 Å². The van der Waals surface area contributed by atoms with E-state index >= 15 is 0 Å². The van der Waals surface area contributed by atoms with E-state index in [1.807, 2.05) is 36.4 Å². The number of H-pyrrole nitrogens is 1. The molecule has 0 fully saturated rings. The predicted octanol–water partition coefficient (Wildman–Crippen LogP) is 3.61. The van der Waals surface area contributed by atoms with Crippen LogP contribution >= 0.6 is 22.6 Å². The van der Waals surface area contributed by atoms with Gasteiger partial charge in [-0.2, -0.15) is 0 Å². The first kappa shape index (κ1) is 14.2. The third-order valence-corrected chi connectivity index (χ3v) is 3.92. The van der Waals surface area contributed by atoms with Gasteiger partial charge in [0, 0.05) is 5.56 Å². The van der Waals surface area contributed by atoms with E-state index in [-0.39, 0.29) is 17.3 Å². The van der Waals surface area contributed by atoms with Gasteiger partial charge in [0.2, 0.25) is 0 Å². The molecular formula is C14H14FIN2O. The van der Waals surface area contributed by atoms with Gasteiger partial charge in [0.25, 0.3) is 5.56 Å². The summed E-state index contributed by atoms with van der Waals surface area (Å²) in [6.45, 7) is 5.78. The van der Waals surface area contributed by atoms with Gasteiger partial charge in [-0.1, -0.05) is 13.8 Å². The zero-order valence-corrected chi connectivity index (χ0v) is 13.1. The number of halogens is 2. The maximum absolute atomic E-state index is 13.1. The molecule has 1 N–H and O–H groups in total. The van der Waals surface area contributed by atoms with Crippen molar-refractivity contribution >= 4 is 22.6 Å².